The van der Waals surface area contributed by atoms with Crippen molar-refractivity contribution in [3.05, 3.63) is 58.6 Å². The average molecular weight is 465 g/mol. The summed E-state index contributed by atoms with van der Waals surface area (Å²) < 4.78 is 33.0. The van der Waals surface area contributed by atoms with E-state index in [0.717, 1.165) is 24.8 Å². The van der Waals surface area contributed by atoms with Crippen LogP contribution in [0, 0.1) is 0 Å². The summed E-state index contributed by atoms with van der Waals surface area (Å²) in [6.45, 7) is 1.59. The van der Waals surface area contributed by atoms with Gasteiger partial charge in [0.15, 0.2) is 0 Å². The van der Waals surface area contributed by atoms with Gasteiger partial charge in [-0.1, -0.05) is 30.2 Å². The van der Waals surface area contributed by atoms with Crippen molar-refractivity contribution in [1.29, 1.82) is 0 Å². The van der Waals surface area contributed by atoms with Gasteiger partial charge in [-0.25, -0.2) is 8.42 Å². The molecule has 1 heterocycles. The van der Waals surface area contributed by atoms with Gasteiger partial charge in [-0.05, 0) is 60.7 Å². The molecule has 2 aromatic carbocycles. The van der Waals surface area contributed by atoms with Crippen LogP contribution >= 0.6 is 11.6 Å². The average Bonchev–Trinajstić information content (AvgIpc) is 2.79. The Morgan fingerprint density at radius 3 is 2.42 bits per heavy atom. The van der Waals surface area contributed by atoms with Crippen molar-refractivity contribution in [2.75, 3.05) is 27.2 Å². The third-order valence-corrected chi connectivity index (χ3v) is 7.72. The standard InChI is InChI=1S/C23H29ClN2O4S/c1-25(17-18-6-9-20(24)10-7-18)23(27)13-8-19-16-21(11-12-22(19)30-2)31(28,29)26-14-4-3-5-15-26/h6-7,9-12,16H,3-5,8,13-15,17H2,1-2H3. The molecule has 6 nitrogen and oxygen atoms in total. The molecular weight excluding hydrogens is 436 g/mol. The summed E-state index contributed by atoms with van der Waals surface area (Å²) in [5, 5.41) is 0.657. The van der Waals surface area contributed by atoms with Gasteiger partial charge in [0.25, 0.3) is 0 Å². The fourth-order valence-corrected chi connectivity index (χ4v) is 5.44. The van der Waals surface area contributed by atoms with Crippen LogP contribution in [0.5, 0.6) is 5.75 Å². The lowest BCUT2D eigenvalue weighted by Gasteiger charge is -2.26. The zero-order valence-corrected chi connectivity index (χ0v) is 19.6. The Balaban J connectivity index is 1.69. The van der Waals surface area contributed by atoms with E-state index >= 15 is 0 Å². The minimum absolute atomic E-state index is 0.0266. The number of amides is 1. The monoisotopic (exact) mass is 464 g/mol. The molecule has 8 heteroatoms. The first-order valence-electron chi connectivity index (χ1n) is 10.5. The number of halogens is 1. The first-order chi connectivity index (χ1) is 14.8. The van der Waals surface area contributed by atoms with E-state index in [1.165, 1.54) is 0 Å². The second-order valence-corrected chi connectivity index (χ2v) is 10.2. The molecule has 0 unspecified atom stereocenters. The Kier molecular flexibility index (Phi) is 7.97. The van der Waals surface area contributed by atoms with Crippen molar-refractivity contribution >= 4 is 27.5 Å². The molecule has 1 aliphatic rings. The van der Waals surface area contributed by atoms with Crippen LogP contribution < -0.4 is 4.74 Å². The fraction of sp³-hybridized carbons (Fsp3) is 0.435. The highest BCUT2D eigenvalue weighted by Crippen LogP contribution is 2.27. The van der Waals surface area contributed by atoms with Gasteiger partial charge in [-0.2, -0.15) is 4.31 Å². The number of ether oxygens (including phenoxy) is 1. The van der Waals surface area contributed by atoms with Crippen LogP contribution in [-0.4, -0.2) is 50.8 Å². The molecule has 31 heavy (non-hydrogen) atoms. The number of piperidine rings is 1. The minimum Gasteiger partial charge on any atom is -0.496 e. The Morgan fingerprint density at radius 1 is 1.10 bits per heavy atom. The lowest BCUT2D eigenvalue weighted by Crippen LogP contribution is -2.35. The van der Waals surface area contributed by atoms with Crippen LogP contribution in [0.4, 0.5) is 0 Å². The molecule has 3 rings (SSSR count). The lowest BCUT2D eigenvalue weighted by atomic mass is 10.1. The fourth-order valence-electron chi connectivity index (χ4n) is 3.75. The quantitative estimate of drug-likeness (QED) is 0.589. The molecular formula is C23H29ClN2O4S. The van der Waals surface area contributed by atoms with Gasteiger partial charge in [0.05, 0.1) is 12.0 Å². The van der Waals surface area contributed by atoms with E-state index in [0.29, 0.717) is 42.4 Å². The van der Waals surface area contributed by atoms with E-state index in [9.17, 15) is 13.2 Å². The number of benzene rings is 2. The summed E-state index contributed by atoms with van der Waals surface area (Å²) in [6, 6.07) is 12.3. The lowest BCUT2D eigenvalue weighted by molar-refractivity contribution is -0.130. The van der Waals surface area contributed by atoms with Crippen molar-refractivity contribution in [2.45, 2.75) is 43.5 Å². The highest BCUT2D eigenvalue weighted by Gasteiger charge is 2.26. The van der Waals surface area contributed by atoms with E-state index in [4.69, 9.17) is 16.3 Å². The summed E-state index contributed by atoms with van der Waals surface area (Å²) in [5.74, 6) is 0.562. The molecule has 1 amide bonds. The van der Waals surface area contributed by atoms with E-state index in [2.05, 4.69) is 0 Å². The minimum atomic E-state index is -3.54. The third kappa shape index (κ3) is 5.99. The summed E-state index contributed by atoms with van der Waals surface area (Å²) in [5.41, 5.74) is 1.71. The molecule has 0 bridgehead atoms. The van der Waals surface area contributed by atoms with Crippen molar-refractivity contribution in [2.24, 2.45) is 0 Å². The first kappa shape index (κ1) is 23.6. The molecule has 1 aliphatic heterocycles. The van der Waals surface area contributed by atoms with Crippen LogP contribution in [0.1, 0.15) is 36.8 Å². The van der Waals surface area contributed by atoms with E-state index in [-0.39, 0.29) is 17.2 Å². The van der Waals surface area contributed by atoms with Crippen LogP contribution in [0.15, 0.2) is 47.4 Å². The predicted octanol–water partition coefficient (Wildman–Crippen LogP) is 4.11. The zero-order chi connectivity index (χ0) is 22.4. The molecule has 0 N–H and O–H groups in total. The summed E-state index contributed by atoms with van der Waals surface area (Å²) in [7, 11) is -0.234. The maximum atomic E-state index is 13.0. The largest absolute Gasteiger partial charge is 0.496 e. The molecule has 0 saturated carbocycles. The van der Waals surface area contributed by atoms with Gasteiger partial charge >= 0.3 is 0 Å². The molecule has 1 fully saturated rings. The molecule has 0 aromatic heterocycles. The third-order valence-electron chi connectivity index (χ3n) is 5.57. The number of methoxy groups -OCH3 is 1. The number of carbonyl (C=O) groups is 1. The summed E-state index contributed by atoms with van der Waals surface area (Å²) in [4.78, 5) is 14.6. The first-order valence-corrected chi connectivity index (χ1v) is 12.3. The van der Waals surface area contributed by atoms with Gasteiger partial charge < -0.3 is 9.64 Å². The van der Waals surface area contributed by atoms with Crippen LogP contribution in [0.25, 0.3) is 0 Å². The van der Waals surface area contributed by atoms with Gasteiger partial charge in [0, 0.05) is 38.1 Å². The normalized spacial score (nSPS) is 14.9. The van der Waals surface area contributed by atoms with Gasteiger partial charge in [-0.3, -0.25) is 4.79 Å². The molecule has 1 saturated heterocycles. The maximum Gasteiger partial charge on any atom is 0.243 e. The number of hydrogen-bond acceptors (Lipinski definition) is 4. The van der Waals surface area contributed by atoms with Crippen molar-refractivity contribution < 1.29 is 17.9 Å². The van der Waals surface area contributed by atoms with Crippen LogP contribution in [0.3, 0.4) is 0 Å². The number of sulfonamides is 1. The number of nitrogens with zero attached hydrogens (tertiary/aromatic N) is 2. The Morgan fingerprint density at radius 2 is 1.77 bits per heavy atom. The Hall–Kier alpha value is -2.09. The number of rotatable bonds is 8. The Bertz CT molecular complexity index is 1000. The van der Waals surface area contributed by atoms with E-state index in [1.807, 2.05) is 12.1 Å². The van der Waals surface area contributed by atoms with E-state index in [1.54, 1.807) is 53.7 Å². The van der Waals surface area contributed by atoms with E-state index < -0.39 is 10.0 Å². The summed E-state index contributed by atoms with van der Waals surface area (Å²) >= 11 is 5.91. The summed E-state index contributed by atoms with van der Waals surface area (Å²) in [6.07, 6.45) is 3.49. The molecule has 0 spiro atoms. The highest BCUT2D eigenvalue weighted by atomic mass is 35.5. The molecule has 0 radical (unpaired) electrons. The van der Waals surface area contributed by atoms with Crippen molar-refractivity contribution in [3.8, 4) is 5.75 Å². The van der Waals surface area contributed by atoms with Crippen molar-refractivity contribution in [1.82, 2.24) is 9.21 Å². The molecule has 0 atom stereocenters. The maximum absolute atomic E-state index is 13.0. The van der Waals surface area contributed by atoms with Gasteiger partial charge in [0.1, 0.15) is 5.75 Å². The Labute approximate surface area is 189 Å². The molecule has 0 aliphatic carbocycles. The number of carbonyl (C=O) groups excluding carboxylic acids is 1. The smallest absolute Gasteiger partial charge is 0.243 e. The second kappa shape index (κ2) is 10.5. The zero-order valence-electron chi connectivity index (χ0n) is 18.0. The predicted molar refractivity (Wildman–Crippen MR) is 122 cm³/mol. The van der Waals surface area contributed by atoms with Gasteiger partial charge in [-0.15, -0.1) is 0 Å². The SMILES string of the molecule is COc1ccc(S(=O)(=O)N2CCCCC2)cc1CCC(=O)N(C)Cc1ccc(Cl)cc1. The second-order valence-electron chi connectivity index (χ2n) is 7.81. The topological polar surface area (TPSA) is 66.9 Å². The van der Waals surface area contributed by atoms with Gasteiger partial charge in [0.2, 0.25) is 15.9 Å². The molecule has 2 aromatic rings. The van der Waals surface area contributed by atoms with Crippen molar-refractivity contribution in [3.63, 3.8) is 0 Å². The highest BCUT2D eigenvalue weighted by molar-refractivity contribution is 7.89. The number of hydrogen-bond donors (Lipinski definition) is 0. The number of aryl methyl sites for hydroxylation is 1. The van der Waals surface area contributed by atoms with Crippen LogP contribution in [-0.2, 0) is 27.8 Å². The molecule has 168 valence electrons. The van der Waals surface area contributed by atoms with Crippen LogP contribution in [0.2, 0.25) is 5.02 Å².